The van der Waals surface area contributed by atoms with Crippen molar-refractivity contribution in [3.63, 3.8) is 0 Å². The fourth-order valence-corrected chi connectivity index (χ4v) is 8.84. The number of methoxy groups -OCH3 is 1. The normalized spacial score (nSPS) is 19.2. The number of aromatic nitrogens is 3. The molecule has 1 amide bonds. The van der Waals surface area contributed by atoms with Gasteiger partial charge in [-0.1, -0.05) is 51.1 Å². The molecule has 1 aliphatic heterocycles. The fourth-order valence-electron chi connectivity index (χ4n) is 7.86. The van der Waals surface area contributed by atoms with Gasteiger partial charge in [-0.2, -0.15) is 4.98 Å². The van der Waals surface area contributed by atoms with Gasteiger partial charge in [0.2, 0.25) is 11.8 Å². The highest BCUT2D eigenvalue weighted by atomic mass is 32.2. The first kappa shape index (κ1) is 36.8. The Labute approximate surface area is 313 Å². The molecule has 53 heavy (non-hydrogen) atoms. The largest absolute Gasteiger partial charge is 0.475 e. The summed E-state index contributed by atoms with van der Waals surface area (Å²) in [5.41, 5.74) is 4.68. The number of hydrogen-bond acceptors (Lipinski definition) is 9. The van der Waals surface area contributed by atoms with Crippen LogP contribution in [0.15, 0.2) is 71.6 Å². The lowest BCUT2D eigenvalue weighted by Gasteiger charge is -2.44. The van der Waals surface area contributed by atoms with E-state index in [0.29, 0.717) is 30.2 Å². The van der Waals surface area contributed by atoms with E-state index >= 15 is 0 Å². The Hall–Kier alpha value is -4.55. The summed E-state index contributed by atoms with van der Waals surface area (Å²) in [4.78, 5) is 33.1. The predicted octanol–water partition coefficient (Wildman–Crippen LogP) is 7.19. The molecule has 0 saturated heterocycles. The number of anilines is 2. The summed E-state index contributed by atoms with van der Waals surface area (Å²) in [6, 6.07) is 19.8. The number of carbonyl (C=O) groups is 1. The van der Waals surface area contributed by atoms with Crippen LogP contribution in [-0.4, -0.2) is 73.1 Å². The van der Waals surface area contributed by atoms with Gasteiger partial charge in [-0.15, -0.1) is 0 Å². The third kappa shape index (κ3) is 8.18. The van der Waals surface area contributed by atoms with Gasteiger partial charge in [-0.3, -0.25) is 4.79 Å². The topological polar surface area (TPSA) is 127 Å². The average Bonchev–Trinajstić information content (AvgIpc) is 3.90. The lowest BCUT2D eigenvalue weighted by molar-refractivity contribution is 0.0509. The zero-order chi connectivity index (χ0) is 37.5. The van der Waals surface area contributed by atoms with Crippen molar-refractivity contribution >= 4 is 27.7 Å². The van der Waals surface area contributed by atoms with Crippen LogP contribution in [-0.2, 0) is 21.3 Å². The molecular weight excluding hydrogens is 689 g/mol. The lowest BCUT2D eigenvalue weighted by atomic mass is 9.76. The summed E-state index contributed by atoms with van der Waals surface area (Å²) in [6.07, 6.45) is 5.56. The van der Waals surface area contributed by atoms with E-state index in [1.54, 1.807) is 30.2 Å². The third-order valence-corrected chi connectivity index (χ3v) is 12.0. The number of sulfonamides is 1. The van der Waals surface area contributed by atoms with Gasteiger partial charge in [0.05, 0.1) is 35.5 Å². The van der Waals surface area contributed by atoms with Crippen LogP contribution in [0.3, 0.4) is 0 Å². The van der Waals surface area contributed by atoms with Crippen LogP contribution in [0.2, 0.25) is 0 Å². The number of pyridine rings is 1. The smallest absolute Gasteiger partial charge is 0.264 e. The van der Waals surface area contributed by atoms with E-state index in [4.69, 9.17) is 14.5 Å². The van der Waals surface area contributed by atoms with E-state index in [0.717, 1.165) is 34.7 Å². The zero-order valence-corrected chi connectivity index (χ0v) is 32.4. The standard InChI is InChI=1S/C41H50N6O5S/c1-27-10-7-11-28(2)37(27)34-21-36-44-39(43-34)45-53(49,50)33-14-8-12-29(20-33)38(48)47(32(26-52-36)22-40(3,4)5)25-30-13-9-15-35(42-30)46(18-19-51-6)31-23-41(24-31)16-17-41/h7-15,20-21,31-32H,16-19,22-26H2,1-6H3,(H,43,44,45)/t32-/m1/s1. The molecule has 11 nitrogen and oxygen atoms in total. The fraction of sp³-hybridized carbons (Fsp3) is 0.463. The van der Waals surface area contributed by atoms with Gasteiger partial charge in [0, 0.05) is 36.9 Å². The molecule has 2 fully saturated rings. The molecule has 2 aliphatic carbocycles. The number of nitrogens with one attached hydrogen (secondary N) is 1. The summed E-state index contributed by atoms with van der Waals surface area (Å²) in [7, 11) is -2.46. The van der Waals surface area contributed by atoms with Crippen LogP contribution < -0.4 is 14.4 Å². The molecule has 1 atom stereocenters. The maximum Gasteiger partial charge on any atom is 0.264 e. The van der Waals surface area contributed by atoms with E-state index in [1.807, 2.05) is 50.2 Å². The van der Waals surface area contributed by atoms with Gasteiger partial charge in [0.1, 0.15) is 12.4 Å². The summed E-state index contributed by atoms with van der Waals surface area (Å²) in [6.45, 7) is 12.0. The first-order chi connectivity index (χ1) is 25.2. The number of carbonyl (C=O) groups excluding carboxylic acids is 1. The molecular formula is C41H50N6O5S. The van der Waals surface area contributed by atoms with Crippen molar-refractivity contribution < 1.29 is 22.7 Å². The van der Waals surface area contributed by atoms with Crippen LogP contribution in [0.4, 0.5) is 11.8 Å². The van der Waals surface area contributed by atoms with Gasteiger partial charge in [0.25, 0.3) is 15.9 Å². The molecule has 4 bridgehead atoms. The minimum atomic E-state index is -4.18. The van der Waals surface area contributed by atoms with Crippen LogP contribution in [0.25, 0.3) is 11.3 Å². The molecule has 2 aromatic carbocycles. The molecule has 2 aromatic heterocycles. The quantitative estimate of drug-likeness (QED) is 0.190. The van der Waals surface area contributed by atoms with Crippen molar-refractivity contribution in [2.45, 2.75) is 90.2 Å². The molecule has 3 heterocycles. The molecule has 4 aromatic rings. The van der Waals surface area contributed by atoms with Crippen molar-refractivity contribution in [3.05, 3.63) is 89.1 Å². The molecule has 1 spiro atoms. The van der Waals surface area contributed by atoms with Crippen LogP contribution >= 0.6 is 0 Å². The van der Waals surface area contributed by atoms with Crippen LogP contribution in [0, 0.1) is 24.7 Å². The Bertz CT molecular complexity index is 2080. The monoisotopic (exact) mass is 738 g/mol. The highest BCUT2D eigenvalue weighted by Gasteiger charge is 2.54. The first-order valence-corrected chi connectivity index (χ1v) is 19.9. The van der Waals surface area contributed by atoms with Gasteiger partial charge in [0.15, 0.2) is 0 Å². The average molecular weight is 739 g/mol. The number of ether oxygens (including phenoxy) is 2. The summed E-state index contributed by atoms with van der Waals surface area (Å²) in [5.74, 6) is 0.647. The number of nitrogens with zero attached hydrogens (tertiary/aromatic N) is 5. The van der Waals surface area contributed by atoms with Crippen molar-refractivity contribution in [1.29, 1.82) is 0 Å². The van der Waals surface area contributed by atoms with E-state index in [-0.39, 0.29) is 46.8 Å². The molecule has 2 saturated carbocycles. The van der Waals surface area contributed by atoms with Crippen LogP contribution in [0.1, 0.15) is 80.1 Å². The summed E-state index contributed by atoms with van der Waals surface area (Å²) in [5, 5.41) is 0. The maximum atomic E-state index is 14.7. The number of fused-ring (bicyclic) bond motifs is 4. The minimum Gasteiger partial charge on any atom is -0.475 e. The van der Waals surface area contributed by atoms with Gasteiger partial charge in [-0.05, 0) is 98.2 Å². The Morgan fingerprint density at radius 3 is 2.40 bits per heavy atom. The van der Waals surface area contributed by atoms with Crippen LogP contribution in [0.5, 0.6) is 5.88 Å². The van der Waals surface area contributed by atoms with Gasteiger partial charge >= 0.3 is 0 Å². The second kappa shape index (κ2) is 14.4. The lowest BCUT2D eigenvalue weighted by Crippen LogP contribution is -2.48. The Balaban J connectivity index is 1.29. The number of benzene rings is 2. The Morgan fingerprint density at radius 2 is 1.70 bits per heavy atom. The van der Waals surface area contributed by atoms with E-state index in [2.05, 4.69) is 40.4 Å². The molecule has 12 heteroatoms. The highest BCUT2D eigenvalue weighted by Crippen LogP contribution is 2.62. The van der Waals surface area contributed by atoms with Crippen molar-refractivity contribution in [1.82, 2.24) is 19.9 Å². The SMILES string of the molecule is COCCN(c1cccc(CN2C(=O)c3cccc(c3)S(=O)(=O)Nc3nc(cc(-c4c(C)cccc4C)n3)OC[C@H]2CC(C)(C)C)n1)C1CC2(CC2)C1. The number of hydrogen-bond donors (Lipinski definition) is 1. The van der Waals surface area contributed by atoms with Gasteiger partial charge < -0.3 is 19.3 Å². The second-order valence-electron chi connectivity index (χ2n) is 16.2. The summed E-state index contributed by atoms with van der Waals surface area (Å²) < 4.78 is 42.1. The summed E-state index contributed by atoms with van der Waals surface area (Å²) >= 11 is 0. The molecule has 0 radical (unpaired) electrons. The molecule has 280 valence electrons. The number of rotatable bonds is 9. The van der Waals surface area contributed by atoms with Crippen molar-refractivity contribution in [2.75, 3.05) is 36.5 Å². The van der Waals surface area contributed by atoms with E-state index < -0.39 is 16.1 Å². The third-order valence-electron chi connectivity index (χ3n) is 10.7. The van der Waals surface area contributed by atoms with E-state index in [9.17, 15) is 13.2 Å². The number of amides is 1. The van der Waals surface area contributed by atoms with Gasteiger partial charge in [-0.25, -0.2) is 23.1 Å². The zero-order valence-electron chi connectivity index (χ0n) is 31.6. The van der Waals surface area contributed by atoms with Crippen molar-refractivity contribution in [3.8, 4) is 17.1 Å². The van der Waals surface area contributed by atoms with Crippen molar-refractivity contribution in [2.24, 2.45) is 10.8 Å². The predicted molar refractivity (Wildman–Crippen MR) is 206 cm³/mol. The molecule has 7 rings (SSSR count). The maximum absolute atomic E-state index is 14.7. The van der Waals surface area contributed by atoms with E-state index in [1.165, 1.54) is 37.8 Å². The Morgan fingerprint density at radius 1 is 0.981 bits per heavy atom. The highest BCUT2D eigenvalue weighted by molar-refractivity contribution is 7.92. The number of aryl methyl sites for hydroxylation is 2. The second-order valence-corrected chi connectivity index (χ2v) is 17.9. The first-order valence-electron chi connectivity index (χ1n) is 18.5. The Kier molecular flexibility index (Phi) is 9.97. The molecule has 1 N–H and O–H groups in total. The molecule has 0 unspecified atom stereocenters. The molecule has 3 aliphatic rings. The minimum absolute atomic E-state index is 0.0682.